The summed E-state index contributed by atoms with van der Waals surface area (Å²) in [7, 11) is 1.18. The second kappa shape index (κ2) is 8.61. The van der Waals surface area contributed by atoms with Crippen LogP contribution in [0.1, 0.15) is 5.56 Å². The number of anilines is 1. The number of hydrogen-bond donors (Lipinski definition) is 1. The summed E-state index contributed by atoms with van der Waals surface area (Å²) in [6.07, 6.45) is 0.0375. The molecule has 1 amide bonds. The lowest BCUT2D eigenvalue weighted by Crippen LogP contribution is -2.17. The van der Waals surface area contributed by atoms with E-state index in [0.717, 1.165) is 0 Å². The number of amides is 1. The first-order valence-corrected chi connectivity index (χ1v) is 7.48. The fraction of sp³-hybridized carbons (Fsp3) is 0.167. The lowest BCUT2D eigenvalue weighted by atomic mass is 10.1. The summed E-state index contributed by atoms with van der Waals surface area (Å²) < 4.78 is 29.9. The highest BCUT2D eigenvalue weighted by atomic mass is 19.1. The van der Waals surface area contributed by atoms with Crippen LogP contribution in [0, 0.1) is 12.7 Å². The van der Waals surface area contributed by atoms with E-state index in [-0.39, 0.29) is 29.0 Å². The van der Waals surface area contributed by atoms with Gasteiger partial charge in [-0.25, -0.2) is 9.18 Å². The van der Waals surface area contributed by atoms with Crippen LogP contribution in [-0.4, -0.2) is 31.9 Å². The van der Waals surface area contributed by atoms with E-state index in [1.54, 1.807) is 30.3 Å². The minimum Gasteiger partial charge on any atom is -0.480 e. The summed E-state index contributed by atoms with van der Waals surface area (Å²) in [5.41, 5.74) is -0.0996. The number of halogens is 1. The minimum absolute atomic E-state index is 0.0199. The van der Waals surface area contributed by atoms with Gasteiger partial charge in [-0.2, -0.15) is 0 Å². The van der Waals surface area contributed by atoms with E-state index in [0.29, 0.717) is 5.75 Å². The van der Waals surface area contributed by atoms with Gasteiger partial charge in [-0.15, -0.1) is 0 Å². The number of ether oxygens (including phenoxy) is 3. The number of methoxy groups -OCH3 is 1. The Hall–Kier alpha value is -3.42. The Kier molecular flexibility index (Phi) is 6.26. The van der Waals surface area contributed by atoms with Crippen LogP contribution < -0.4 is 14.8 Å². The van der Waals surface area contributed by atoms with E-state index in [9.17, 15) is 18.8 Å². The maximum absolute atomic E-state index is 14.6. The van der Waals surface area contributed by atoms with Crippen molar-refractivity contribution in [2.45, 2.75) is 6.92 Å². The lowest BCUT2D eigenvalue weighted by Gasteiger charge is -2.17. The molecule has 0 radical (unpaired) electrons. The van der Waals surface area contributed by atoms with Crippen molar-refractivity contribution < 1.29 is 33.0 Å². The molecule has 7 nitrogen and oxygen atoms in total. The molecular weight excluding hydrogens is 345 g/mol. The number of aldehydes is 1. The Morgan fingerprint density at radius 3 is 2.50 bits per heavy atom. The normalized spacial score (nSPS) is 9.96. The number of nitrogens with one attached hydrogen (secondary N) is 1. The zero-order valence-corrected chi connectivity index (χ0v) is 14.1. The molecule has 0 atom stereocenters. The van der Waals surface area contributed by atoms with Gasteiger partial charge in [0.15, 0.2) is 18.2 Å². The summed E-state index contributed by atoms with van der Waals surface area (Å²) in [5.74, 6) is -2.25. The van der Waals surface area contributed by atoms with Crippen LogP contribution in [0.25, 0.3) is 0 Å². The number of carbonyl (C=O) groups excluding carboxylic acids is 3. The standard InChI is InChI=1S/C18H16FNO6/c1-11-17(19)13(26-12-6-4-3-5-7-12)8-14(25-10-16(23)24-2)18(11)20-15(22)9-21/h3-9H,10H2,1-2H3,(H,20,22). The second-order valence-corrected chi connectivity index (χ2v) is 5.07. The molecule has 0 heterocycles. The van der Waals surface area contributed by atoms with Crippen LogP contribution >= 0.6 is 0 Å². The Morgan fingerprint density at radius 2 is 1.88 bits per heavy atom. The number of carbonyl (C=O) groups is 3. The molecule has 0 aliphatic heterocycles. The molecule has 1 N–H and O–H groups in total. The number of benzene rings is 2. The number of esters is 1. The lowest BCUT2D eigenvalue weighted by molar-refractivity contribution is -0.142. The molecule has 2 rings (SSSR count). The zero-order valence-electron chi connectivity index (χ0n) is 14.1. The van der Waals surface area contributed by atoms with Crippen molar-refractivity contribution in [3.63, 3.8) is 0 Å². The largest absolute Gasteiger partial charge is 0.480 e. The van der Waals surface area contributed by atoms with E-state index in [4.69, 9.17) is 9.47 Å². The molecule has 0 aromatic heterocycles. The van der Waals surface area contributed by atoms with Crippen molar-refractivity contribution in [2.75, 3.05) is 19.0 Å². The van der Waals surface area contributed by atoms with Crippen molar-refractivity contribution in [1.82, 2.24) is 0 Å². The Morgan fingerprint density at radius 1 is 1.19 bits per heavy atom. The van der Waals surface area contributed by atoms with Crippen molar-refractivity contribution in [2.24, 2.45) is 0 Å². The zero-order chi connectivity index (χ0) is 19.1. The third-order valence-corrected chi connectivity index (χ3v) is 3.33. The van der Waals surface area contributed by atoms with Gasteiger partial charge in [-0.1, -0.05) is 18.2 Å². The van der Waals surface area contributed by atoms with E-state index in [1.165, 1.54) is 20.1 Å². The van der Waals surface area contributed by atoms with Crippen LogP contribution in [0.4, 0.5) is 10.1 Å². The first kappa shape index (κ1) is 18.9. The van der Waals surface area contributed by atoms with Crippen molar-refractivity contribution in [3.05, 3.63) is 47.8 Å². The quantitative estimate of drug-likeness (QED) is 0.463. The summed E-state index contributed by atoms with van der Waals surface area (Å²) in [6.45, 7) is 0.898. The van der Waals surface area contributed by atoms with E-state index in [2.05, 4.69) is 10.1 Å². The topological polar surface area (TPSA) is 90.9 Å². The SMILES string of the molecule is COC(=O)COc1cc(Oc2ccccc2)c(F)c(C)c1NC(=O)C=O. The van der Waals surface area contributed by atoms with Gasteiger partial charge in [0.25, 0.3) is 5.91 Å². The number of rotatable bonds is 7. The highest BCUT2D eigenvalue weighted by molar-refractivity contribution is 6.29. The van der Waals surface area contributed by atoms with Gasteiger partial charge < -0.3 is 19.5 Å². The Labute approximate surface area is 148 Å². The predicted octanol–water partition coefficient (Wildman–Crippen LogP) is 2.62. The Bertz CT molecular complexity index is 822. The monoisotopic (exact) mass is 361 g/mol. The van der Waals surface area contributed by atoms with Crippen molar-refractivity contribution >= 4 is 23.9 Å². The molecule has 0 saturated carbocycles. The molecule has 2 aromatic carbocycles. The fourth-order valence-corrected chi connectivity index (χ4v) is 2.04. The smallest absolute Gasteiger partial charge is 0.343 e. The van der Waals surface area contributed by atoms with Crippen LogP contribution in [0.15, 0.2) is 36.4 Å². The Balaban J connectivity index is 2.43. The van der Waals surface area contributed by atoms with Crippen LogP contribution in [0.3, 0.4) is 0 Å². The van der Waals surface area contributed by atoms with Crippen molar-refractivity contribution in [1.29, 1.82) is 0 Å². The summed E-state index contributed by atoms with van der Waals surface area (Å²) >= 11 is 0. The summed E-state index contributed by atoms with van der Waals surface area (Å²) in [6, 6.07) is 9.65. The summed E-state index contributed by atoms with van der Waals surface area (Å²) in [4.78, 5) is 33.3. The second-order valence-electron chi connectivity index (χ2n) is 5.07. The first-order valence-electron chi connectivity index (χ1n) is 7.48. The third-order valence-electron chi connectivity index (χ3n) is 3.33. The van der Waals surface area contributed by atoms with Gasteiger partial charge in [0, 0.05) is 11.6 Å². The number of para-hydroxylation sites is 1. The molecule has 0 aliphatic carbocycles. The van der Waals surface area contributed by atoms with Gasteiger partial charge in [0.1, 0.15) is 11.5 Å². The van der Waals surface area contributed by atoms with Crippen LogP contribution in [0.5, 0.6) is 17.2 Å². The van der Waals surface area contributed by atoms with Gasteiger partial charge in [-0.3, -0.25) is 9.59 Å². The van der Waals surface area contributed by atoms with Gasteiger partial charge in [0.05, 0.1) is 12.8 Å². The van der Waals surface area contributed by atoms with Crippen molar-refractivity contribution in [3.8, 4) is 17.2 Å². The molecule has 0 fully saturated rings. The molecule has 26 heavy (non-hydrogen) atoms. The molecular formula is C18H16FNO6. The predicted molar refractivity (Wildman–Crippen MR) is 89.9 cm³/mol. The molecule has 136 valence electrons. The molecule has 0 unspecified atom stereocenters. The minimum atomic E-state index is -0.993. The molecule has 0 bridgehead atoms. The summed E-state index contributed by atoms with van der Waals surface area (Å²) in [5, 5.41) is 2.22. The highest BCUT2D eigenvalue weighted by Crippen LogP contribution is 2.38. The average molecular weight is 361 g/mol. The number of hydrogen-bond acceptors (Lipinski definition) is 6. The van der Waals surface area contributed by atoms with E-state index in [1.807, 2.05) is 0 Å². The van der Waals surface area contributed by atoms with E-state index < -0.39 is 24.3 Å². The molecule has 8 heteroatoms. The van der Waals surface area contributed by atoms with Gasteiger partial charge >= 0.3 is 5.97 Å². The molecule has 0 spiro atoms. The van der Waals surface area contributed by atoms with Gasteiger partial charge in [-0.05, 0) is 19.1 Å². The third kappa shape index (κ3) is 4.56. The van der Waals surface area contributed by atoms with Crippen LogP contribution in [-0.2, 0) is 19.1 Å². The fourth-order valence-electron chi connectivity index (χ4n) is 2.04. The molecule has 0 aliphatic rings. The highest BCUT2D eigenvalue weighted by Gasteiger charge is 2.20. The van der Waals surface area contributed by atoms with E-state index >= 15 is 0 Å². The molecule has 2 aromatic rings. The van der Waals surface area contributed by atoms with Crippen LogP contribution in [0.2, 0.25) is 0 Å². The first-order chi connectivity index (χ1) is 12.5. The maximum Gasteiger partial charge on any atom is 0.343 e. The average Bonchev–Trinajstić information content (AvgIpc) is 2.66. The van der Waals surface area contributed by atoms with Gasteiger partial charge in [0.2, 0.25) is 6.29 Å². The maximum atomic E-state index is 14.6. The molecule has 0 saturated heterocycles.